The molecule has 18 heavy (non-hydrogen) atoms. The average Bonchev–Trinajstić information content (AvgIpc) is 2.53. The number of hydrogen-bond acceptors (Lipinski definition) is 2. The van der Waals surface area contributed by atoms with Crippen LogP contribution >= 0.6 is 11.6 Å². The van der Waals surface area contributed by atoms with Crippen LogP contribution < -0.4 is 10.2 Å². The summed E-state index contributed by atoms with van der Waals surface area (Å²) < 4.78 is 13.4. The van der Waals surface area contributed by atoms with Gasteiger partial charge in [0.05, 0.1) is 0 Å². The zero-order valence-electron chi connectivity index (χ0n) is 10.9. The van der Waals surface area contributed by atoms with E-state index in [4.69, 9.17) is 11.6 Å². The molecule has 1 aliphatic heterocycles. The van der Waals surface area contributed by atoms with Crippen molar-refractivity contribution in [2.45, 2.75) is 26.3 Å². The van der Waals surface area contributed by atoms with Crippen molar-refractivity contribution in [1.29, 1.82) is 0 Å². The molecule has 0 amide bonds. The highest BCUT2D eigenvalue weighted by Crippen LogP contribution is 2.23. The summed E-state index contributed by atoms with van der Waals surface area (Å²) in [4.78, 5) is 2.22. The zero-order valence-corrected chi connectivity index (χ0v) is 11.7. The van der Waals surface area contributed by atoms with E-state index in [2.05, 4.69) is 24.1 Å². The summed E-state index contributed by atoms with van der Waals surface area (Å²) in [7, 11) is 0. The monoisotopic (exact) mass is 270 g/mol. The SMILES string of the molecule is CC(C)C1CN(c2cc(F)cc(Cl)c2)CCCN1. The Morgan fingerprint density at radius 1 is 1.39 bits per heavy atom. The van der Waals surface area contributed by atoms with E-state index in [1.54, 1.807) is 6.07 Å². The minimum Gasteiger partial charge on any atom is -0.370 e. The first-order valence-electron chi connectivity index (χ1n) is 6.50. The maximum Gasteiger partial charge on any atom is 0.126 e. The highest BCUT2D eigenvalue weighted by Gasteiger charge is 2.20. The lowest BCUT2D eigenvalue weighted by Crippen LogP contribution is -2.41. The van der Waals surface area contributed by atoms with Crippen molar-refractivity contribution in [1.82, 2.24) is 5.32 Å². The fourth-order valence-electron chi connectivity index (χ4n) is 2.35. The molecule has 4 heteroatoms. The third-order valence-corrected chi connectivity index (χ3v) is 3.66. The van der Waals surface area contributed by atoms with E-state index in [1.807, 2.05) is 6.07 Å². The van der Waals surface area contributed by atoms with Gasteiger partial charge < -0.3 is 10.2 Å². The second kappa shape index (κ2) is 5.89. The van der Waals surface area contributed by atoms with Crippen LogP contribution in [0.4, 0.5) is 10.1 Å². The van der Waals surface area contributed by atoms with Crippen molar-refractivity contribution in [3.05, 3.63) is 29.0 Å². The summed E-state index contributed by atoms with van der Waals surface area (Å²) in [5.74, 6) is 0.297. The van der Waals surface area contributed by atoms with Crippen molar-refractivity contribution in [3.63, 3.8) is 0 Å². The van der Waals surface area contributed by atoms with Gasteiger partial charge >= 0.3 is 0 Å². The van der Waals surface area contributed by atoms with Gasteiger partial charge in [0.2, 0.25) is 0 Å². The van der Waals surface area contributed by atoms with Crippen LogP contribution in [0.2, 0.25) is 5.02 Å². The number of halogens is 2. The molecular formula is C14H20ClFN2. The van der Waals surface area contributed by atoms with Crippen LogP contribution in [0.1, 0.15) is 20.3 Å². The van der Waals surface area contributed by atoms with E-state index >= 15 is 0 Å². The van der Waals surface area contributed by atoms with Crippen LogP contribution in [0.15, 0.2) is 18.2 Å². The minimum absolute atomic E-state index is 0.268. The lowest BCUT2D eigenvalue weighted by atomic mass is 10.0. The van der Waals surface area contributed by atoms with E-state index in [-0.39, 0.29) is 5.82 Å². The molecule has 1 saturated heterocycles. The number of anilines is 1. The van der Waals surface area contributed by atoms with Gasteiger partial charge in [-0.25, -0.2) is 4.39 Å². The number of nitrogens with zero attached hydrogens (tertiary/aromatic N) is 1. The molecule has 1 aromatic carbocycles. The van der Waals surface area contributed by atoms with Crippen LogP contribution in [-0.2, 0) is 0 Å². The number of hydrogen-bond donors (Lipinski definition) is 1. The molecule has 1 heterocycles. The fourth-order valence-corrected chi connectivity index (χ4v) is 2.57. The Bertz CT molecular complexity index is 389. The number of rotatable bonds is 2. The quantitative estimate of drug-likeness (QED) is 0.887. The molecule has 1 aliphatic rings. The van der Waals surface area contributed by atoms with E-state index in [9.17, 15) is 4.39 Å². The summed E-state index contributed by atoms with van der Waals surface area (Å²) in [6.07, 6.45) is 1.07. The normalized spacial score (nSPS) is 21.2. The van der Waals surface area contributed by atoms with Crippen molar-refractivity contribution in [2.24, 2.45) is 5.92 Å². The molecule has 0 aromatic heterocycles. The summed E-state index contributed by atoms with van der Waals surface area (Å²) >= 11 is 5.93. The van der Waals surface area contributed by atoms with Crippen LogP contribution in [0, 0.1) is 11.7 Å². The molecule has 0 saturated carbocycles. The van der Waals surface area contributed by atoms with Gasteiger partial charge in [-0.3, -0.25) is 0 Å². The molecule has 1 N–H and O–H groups in total. The van der Waals surface area contributed by atoms with Crippen LogP contribution in [0.3, 0.4) is 0 Å². The van der Waals surface area contributed by atoms with Crippen LogP contribution in [0.5, 0.6) is 0 Å². The smallest absolute Gasteiger partial charge is 0.126 e. The highest BCUT2D eigenvalue weighted by molar-refractivity contribution is 6.30. The number of benzene rings is 1. The fraction of sp³-hybridized carbons (Fsp3) is 0.571. The van der Waals surface area contributed by atoms with Crippen molar-refractivity contribution in [3.8, 4) is 0 Å². The third kappa shape index (κ3) is 3.36. The molecule has 100 valence electrons. The molecule has 1 atom stereocenters. The number of nitrogens with one attached hydrogen (secondary N) is 1. The van der Waals surface area contributed by atoms with Gasteiger partial charge in [-0.05, 0) is 37.1 Å². The molecule has 1 fully saturated rings. The average molecular weight is 271 g/mol. The van der Waals surface area contributed by atoms with Crippen molar-refractivity contribution in [2.75, 3.05) is 24.5 Å². The Morgan fingerprint density at radius 2 is 2.17 bits per heavy atom. The summed E-state index contributed by atoms with van der Waals surface area (Å²) in [6, 6.07) is 5.19. The first-order chi connectivity index (χ1) is 8.56. The Hall–Kier alpha value is -0.800. The second-order valence-electron chi connectivity index (χ2n) is 5.23. The Balaban J connectivity index is 2.19. The standard InChI is InChI=1S/C14H20ClFN2/c1-10(2)14-9-18(5-3-4-17-14)13-7-11(15)6-12(16)8-13/h6-8,10,14,17H,3-5,9H2,1-2H3. The van der Waals surface area contributed by atoms with E-state index in [0.29, 0.717) is 17.0 Å². The summed E-state index contributed by atoms with van der Waals surface area (Å²) in [6.45, 7) is 7.27. The van der Waals surface area contributed by atoms with Crippen LogP contribution in [0.25, 0.3) is 0 Å². The van der Waals surface area contributed by atoms with E-state index in [0.717, 1.165) is 31.7 Å². The van der Waals surface area contributed by atoms with Gasteiger partial charge in [0.15, 0.2) is 0 Å². The second-order valence-corrected chi connectivity index (χ2v) is 5.67. The van der Waals surface area contributed by atoms with Gasteiger partial charge in [0.1, 0.15) is 5.82 Å². The maximum absolute atomic E-state index is 13.4. The lowest BCUT2D eigenvalue weighted by molar-refractivity contribution is 0.420. The predicted octanol–water partition coefficient (Wildman–Crippen LogP) is 3.30. The van der Waals surface area contributed by atoms with Crippen molar-refractivity contribution >= 4 is 17.3 Å². The maximum atomic E-state index is 13.4. The highest BCUT2D eigenvalue weighted by atomic mass is 35.5. The molecular weight excluding hydrogens is 251 g/mol. The van der Waals surface area contributed by atoms with Crippen molar-refractivity contribution < 1.29 is 4.39 Å². The van der Waals surface area contributed by atoms with Gasteiger partial charge in [-0.2, -0.15) is 0 Å². The first-order valence-corrected chi connectivity index (χ1v) is 6.88. The largest absolute Gasteiger partial charge is 0.370 e. The van der Waals surface area contributed by atoms with E-state index in [1.165, 1.54) is 6.07 Å². The minimum atomic E-state index is -0.268. The molecule has 2 nitrogen and oxygen atoms in total. The third-order valence-electron chi connectivity index (χ3n) is 3.45. The van der Waals surface area contributed by atoms with Crippen LogP contribution in [-0.4, -0.2) is 25.7 Å². The molecule has 2 rings (SSSR count). The van der Waals surface area contributed by atoms with Gasteiger partial charge in [-0.15, -0.1) is 0 Å². The predicted molar refractivity (Wildman–Crippen MR) is 74.9 cm³/mol. The van der Waals surface area contributed by atoms with Gasteiger partial charge in [-0.1, -0.05) is 25.4 Å². The van der Waals surface area contributed by atoms with E-state index < -0.39 is 0 Å². The Morgan fingerprint density at radius 3 is 2.83 bits per heavy atom. The van der Waals surface area contributed by atoms with Gasteiger partial charge in [0, 0.05) is 29.8 Å². The topological polar surface area (TPSA) is 15.3 Å². The molecule has 1 unspecified atom stereocenters. The summed E-state index contributed by atoms with van der Waals surface area (Å²) in [5, 5.41) is 4.00. The Kier molecular flexibility index (Phi) is 4.46. The first kappa shape index (κ1) is 13.6. The Labute approximate surface area is 113 Å². The molecule has 0 bridgehead atoms. The summed E-state index contributed by atoms with van der Waals surface area (Å²) in [5.41, 5.74) is 0.884. The lowest BCUT2D eigenvalue weighted by Gasteiger charge is -2.28. The zero-order chi connectivity index (χ0) is 13.1. The molecule has 1 aromatic rings. The van der Waals surface area contributed by atoms with Gasteiger partial charge in [0.25, 0.3) is 0 Å². The molecule has 0 spiro atoms. The molecule has 0 radical (unpaired) electrons. The molecule has 0 aliphatic carbocycles.